The highest BCUT2D eigenvalue weighted by molar-refractivity contribution is 5.83. The van der Waals surface area contributed by atoms with Crippen molar-refractivity contribution in [1.82, 2.24) is 14.7 Å². The molecule has 0 saturated carbocycles. The first-order valence-electron chi connectivity index (χ1n) is 10.0. The third kappa shape index (κ3) is 5.47. The summed E-state index contributed by atoms with van der Waals surface area (Å²) in [7, 11) is 1.85. The lowest BCUT2D eigenvalue weighted by Gasteiger charge is -2.33. The Hall–Kier alpha value is -2.57. The van der Waals surface area contributed by atoms with Crippen molar-refractivity contribution in [2.75, 3.05) is 39.8 Å². The molecule has 2 fully saturated rings. The van der Waals surface area contributed by atoms with Gasteiger partial charge in [-0.1, -0.05) is 30.3 Å². The van der Waals surface area contributed by atoms with Gasteiger partial charge in [-0.2, -0.15) is 0 Å². The first kappa shape index (κ1) is 20.2. The molecule has 2 saturated heterocycles. The van der Waals surface area contributed by atoms with Crippen molar-refractivity contribution < 1.29 is 19.1 Å². The number of benzene rings is 1. The van der Waals surface area contributed by atoms with Gasteiger partial charge in [0.25, 0.3) is 0 Å². The summed E-state index contributed by atoms with van der Waals surface area (Å²) in [5.41, 5.74) is 1.13. The molecular formula is C21H29N3O4. The van der Waals surface area contributed by atoms with Gasteiger partial charge in [-0.05, 0) is 30.7 Å². The predicted octanol–water partition coefficient (Wildman–Crippen LogP) is 2.12. The van der Waals surface area contributed by atoms with E-state index in [4.69, 9.17) is 4.74 Å². The number of rotatable bonds is 7. The summed E-state index contributed by atoms with van der Waals surface area (Å²) < 4.78 is 4.86. The zero-order valence-corrected chi connectivity index (χ0v) is 16.5. The smallest absolute Gasteiger partial charge is 0.410 e. The Morgan fingerprint density at radius 1 is 1.14 bits per heavy atom. The standard InChI is InChI=1S/C21H29N3O4/c1-22(15-18-5-3-2-4-6-18)19(25)8-7-17-9-11-23(12-10-17)20(26)16-24-13-14-28-21(24)27/h2-6,17H,7-16H2,1H3. The Balaban J connectivity index is 1.35. The normalized spacial score (nSPS) is 17.5. The summed E-state index contributed by atoms with van der Waals surface area (Å²) in [6.45, 7) is 2.97. The van der Waals surface area contributed by atoms with Gasteiger partial charge in [0, 0.05) is 33.1 Å². The second kappa shape index (κ2) is 9.57. The molecule has 2 aliphatic heterocycles. The number of amides is 3. The second-order valence-electron chi connectivity index (χ2n) is 7.63. The molecule has 28 heavy (non-hydrogen) atoms. The molecule has 0 radical (unpaired) electrons. The number of piperidine rings is 1. The summed E-state index contributed by atoms with van der Waals surface area (Å²) in [6, 6.07) is 9.99. The summed E-state index contributed by atoms with van der Waals surface area (Å²) in [5, 5.41) is 0. The van der Waals surface area contributed by atoms with Gasteiger partial charge < -0.3 is 14.5 Å². The molecule has 2 heterocycles. The minimum atomic E-state index is -0.402. The van der Waals surface area contributed by atoms with Gasteiger partial charge in [0.05, 0.1) is 6.54 Å². The minimum absolute atomic E-state index is 0.0176. The number of carbonyl (C=O) groups is 3. The highest BCUT2D eigenvalue weighted by atomic mass is 16.6. The van der Waals surface area contributed by atoms with Gasteiger partial charge in [-0.15, -0.1) is 0 Å². The zero-order chi connectivity index (χ0) is 19.9. The van der Waals surface area contributed by atoms with Crippen LogP contribution < -0.4 is 0 Å². The van der Waals surface area contributed by atoms with E-state index in [1.54, 1.807) is 4.90 Å². The van der Waals surface area contributed by atoms with E-state index < -0.39 is 6.09 Å². The first-order chi connectivity index (χ1) is 13.5. The number of nitrogens with zero attached hydrogens (tertiary/aromatic N) is 3. The highest BCUT2D eigenvalue weighted by Gasteiger charge is 2.28. The van der Waals surface area contributed by atoms with Crippen molar-refractivity contribution in [3.8, 4) is 0 Å². The first-order valence-corrected chi connectivity index (χ1v) is 10.0. The van der Waals surface area contributed by atoms with Crippen LogP contribution in [0.4, 0.5) is 4.79 Å². The van der Waals surface area contributed by atoms with Crippen LogP contribution in [0.15, 0.2) is 30.3 Å². The van der Waals surface area contributed by atoms with Crippen molar-refractivity contribution in [2.45, 2.75) is 32.2 Å². The number of carbonyl (C=O) groups excluding carboxylic acids is 3. The predicted molar refractivity (Wildman–Crippen MR) is 104 cm³/mol. The summed E-state index contributed by atoms with van der Waals surface area (Å²) >= 11 is 0. The molecule has 0 spiro atoms. The summed E-state index contributed by atoms with van der Waals surface area (Å²) in [6.07, 6.45) is 2.82. The van der Waals surface area contributed by atoms with Crippen LogP contribution >= 0.6 is 0 Å². The maximum atomic E-state index is 12.4. The SMILES string of the molecule is CN(Cc1ccccc1)C(=O)CCC1CCN(C(=O)CN2CCOC2=O)CC1. The summed E-state index contributed by atoms with van der Waals surface area (Å²) in [4.78, 5) is 41.3. The van der Waals surface area contributed by atoms with Gasteiger partial charge in [0.2, 0.25) is 11.8 Å². The molecular weight excluding hydrogens is 358 g/mol. The lowest BCUT2D eigenvalue weighted by Crippen LogP contribution is -2.44. The van der Waals surface area contributed by atoms with Gasteiger partial charge in [0.15, 0.2) is 0 Å². The maximum Gasteiger partial charge on any atom is 0.410 e. The third-order valence-corrected chi connectivity index (χ3v) is 5.59. The molecule has 0 atom stereocenters. The van der Waals surface area contributed by atoms with Crippen molar-refractivity contribution in [3.05, 3.63) is 35.9 Å². The number of hydrogen-bond acceptors (Lipinski definition) is 4. The highest BCUT2D eigenvalue weighted by Crippen LogP contribution is 2.23. The van der Waals surface area contributed by atoms with Crippen molar-refractivity contribution in [1.29, 1.82) is 0 Å². The van der Waals surface area contributed by atoms with Gasteiger partial charge in [-0.25, -0.2) is 4.79 Å². The molecule has 1 aromatic carbocycles. The number of hydrogen-bond donors (Lipinski definition) is 0. The maximum absolute atomic E-state index is 12.4. The van der Waals surface area contributed by atoms with Crippen LogP contribution in [0.3, 0.4) is 0 Å². The molecule has 0 aliphatic carbocycles. The topological polar surface area (TPSA) is 70.2 Å². The van der Waals surface area contributed by atoms with E-state index in [1.165, 1.54) is 4.90 Å². The van der Waals surface area contributed by atoms with E-state index in [2.05, 4.69) is 0 Å². The molecule has 1 aromatic rings. The van der Waals surface area contributed by atoms with Gasteiger partial charge in [-0.3, -0.25) is 14.5 Å². The fourth-order valence-corrected chi connectivity index (χ4v) is 3.77. The fourth-order valence-electron chi connectivity index (χ4n) is 3.77. The van der Waals surface area contributed by atoms with Crippen LogP contribution in [-0.2, 0) is 20.9 Å². The van der Waals surface area contributed by atoms with E-state index in [9.17, 15) is 14.4 Å². The Kier molecular flexibility index (Phi) is 6.90. The molecule has 3 amide bonds. The van der Waals surface area contributed by atoms with Crippen LogP contribution in [0.25, 0.3) is 0 Å². The number of ether oxygens (including phenoxy) is 1. The van der Waals surface area contributed by atoms with E-state index in [0.717, 1.165) is 24.8 Å². The Bertz CT molecular complexity index is 686. The lowest BCUT2D eigenvalue weighted by atomic mass is 9.92. The molecule has 2 aliphatic rings. The molecule has 7 nitrogen and oxygen atoms in total. The minimum Gasteiger partial charge on any atom is -0.448 e. The second-order valence-corrected chi connectivity index (χ2v) is 7.63. The van der Waals surface area contributed by atoms with E-state index >= 15 is 0 Å². The number of likely N-dealkylation sites (tertiary alicyclic amines) is 1. The average molecular weight is 387 g/mol. The van der Waals surface area contributed by atoms with Crippen LogP contribution in [0.1, 0.15) is 31.2 Å². The average Bonchev–Trinajstić information content (AvgIpc) is 3.11. The monoisotopic (exact) mass is 387 g/mol. The van der Waals surface area contributed by atoms with Crippen molar-refractivity contribution >= 4 is 17.9 Å². The third-order valence-electron chi connectivity index (χ3n) is 5.59. The van der Waals surface area contributed by atoms with Crippen molar-refractivity contribution in [3.63, 3.8) is 0 Å². The molecule has 0 N–H and O–H groups in total. The molecule has 152 valence electrons. The Morgan fingerprint density at radius 3 is 2.50 bits per heavy atom. The molecule has 7 heteroatoms. The molecule has 3 rings (SSSR count). The van der Waals surface area contributed by atoms with E-state index in [1.807, 2.05) is 42.3 Å². The Labute approximate surface area is 166 Å². The zero-order valence-electron chi connectivity index (χ0n) is 16.5. The molecule has 0 bridgehead atoms. The van der Waals surface area contributed by atoms with E-state index in [-0.39, 0.29) is 18.4 Å². The van der Waals surface area contributed by atoms with Gasteiger partial charge in [0.1, 0.15) is 13.2 Å². The van der Waals surface area contributed by atoms with Crippen LogP contribution in [0, 0.1) is 5.92 Å². The lowest BCUT2D eigenvalue weighted by molar-refractivity contribution is -0.134. The van der Waals surface area contributed by atoms with Gasteiger partial charge >= 0.3 is 6.09 Å². The van der Waals surface area contributed by atoms with Crippen molar-refractivity contribution in [2.24, 2.45) is 5.92 Å². The van der Waals surface area contributed by atoms with Crippen LogP contribution in [0.2, 0.25) is 0 Å². The molecule has 0 aromatic heterocycles. The molecule has 0 unspecified atom stereocenters. The van der Waals surface area contributed by atoms with E-state index in [0.29, 0.717) is 45.1 Å². The van der Waals surface area contributed by atoms with Crippen LogP contribution in [-0.4, -0.2) is 72.4 Å². The fraction of sp³-hybridized carbons (Fsp3) is 0.571. The van der Waals surface area contributed by atoms with Crippen LogP contribution in [0.5, 0.6) is 0 Å². The quantitative estimate of drug-likeness (QED) is 0.719. The Morgan fingerprint density at radius 2 is 1.86 bits per heavy atom. The number of cyclic esters (lactones) is 1. The summed E-state index contributed by atoms with van der Waals surface area (Å²) in [5.74, 6) is 0.612. The largest absolute Gasteiger partial charge is 0.448 e.